The molecular formula is C54H72N6O7. The fraction of sp³-hybridized carbons (Fsp3) is 0.630. The highest BCUT2D eigenvalue weighted by molar-refractivity contribution is 6.03. The number of aromatic nitrogens is 2. The van der Waals surface area contributed by atoms with Gasteiger partial charge in [0, 0.05) is 98.4 Å². The topological polar surface area (TPSA) is 156 Å². The van der Waals surface area contributed by atoms with E-state index in [2.05, 4.69) is 51.3 Å². The number of carbonyl (C=O) groups excluding carboxylic acids is 3. The van der Waals surface area contributed by atoms with Crippen LogP contribution in [0, 0.1) is 23.7 Å². The monoisotopic (exact) mass is 917 g/mol. The van der Waals surface area contributed by atoms with Crippen LogP contribution in [0.25, 0.3) is 21.8 Å². The second-order valence-corrected chi connectivity index (χ2v) is 21.4. The zero-order chi connectivity index (χ0) is 46.6. The molecule has 13 nitrogen and oxygen atoms in total. The maximum atomic E-state index is 13.5. The lowest BCUT2D eigenvalue weighted by molar-refractivity contribution is -0.127. The highest BCUT2D eigenvalue weighted by Gasteiger charge is 2.56. The molecule has 2 saturated heterocycles. The summed E-state index contributed by atoms with van der Waals surface area (Å²) in [4.78, 5) is 50.8. The Morgan fingerprint density at radius 2 is 1.09 bits per heavy atom. The maximum Gasteiger partial charge on any atom is 0.335 e. The summed E-state index contributed by atoms with van der Waals surface area (Å²) in [5.41, 5.74) is 8.25. The van der Waals surface area contributed by atoms with Gasteiger partial charge in [0.15, 0.2) is 0 Å². The van der Waals surface area contributed by atoms with Crippen LogP contribution in [0.15, 0.2) is 36.4 Å². The lowest BCUT2D eigenvalue weighted by Crippen LogP contribution is -2.50. The number of nitrogens with zero attached hydrogens (tertiary/aromatic N) is 3. The van der Waals surface area contributed by atoms with Crippen molar-refractivity contribution >= 4 is 45.5 Å². The number of ether oxygens (including phenoxy) is 2. The second kappa shape index (κ2) is 18.6. The maximum absolute atomic E-state index is 13.5. The second-order valence-electron chi connectivity index (χ2n) is 21.4. The molecule has 2 aromatic carbocycles. The molecule has 12 rings (SSSR count). The smallest absolute Gasteiger partial charge is 0.335 e. The molecule has 2 unspecified atom stereocenters. The van der Waals surface area contributed by atoms with E-state index in [9.17, 15) is 24.3 Å². The van der Waals surface area contributed by atoms with Gasteiger partial charge in [-0.1, -0.05) is 0 Å². The van der Waals surface area contributed by atoms with E-state index in [0.717, 1.165) is 113 Å². The predicted octanol–water partition coefficient (Wildman–Crippen LogP) is 7.02. The molecule has 3 amide bonds. The number of nitrogens with one attached hydrogen (secondary N) is 3. The van der Waals surface area contributed by atoms with Crippen molar-refractivity contribution < 1.29 is 33.8 Å². The van der Waals surface area contributed by atoms with Crippen LogP contribution >= 0.6 is 0 Å². The third-order valence-corrected chi connectivity index (χ3v) is 17.2. The molecule has 0 bridgehead atoms. The van der Waals surface area contributed by atoms with Crippen molar-refractivity contribution in [1.82, 2.24) is 30.0 Å². The van der Waals surface area contributed by atoms with Crippen LogP contribution < -0.4 is 16.0 Å². The number of aryl methyl sites for hydroxylation is 2. The van der Waals surface area contributed by atoms with E-state index in [1.165, 1.54) is 84.8 Å². The number of hydrogen-bond donors (Lipinski definition) is 4. The number of likely N-dealkylation sites (N-methyl/N-ethyl adjacent to an activating group) is 2. The summed E-state index contributed by atoms with van der Waals surface area (Å²) in [7, 11) is 7.93. The molecular weight excluding hydrogens is 845 g/mol. The Hall–Kier alpha value is -4.72. The molecule has 4 N–H and O–H groups in total. The molecule has 2 aliphatic heterocycles. The number of carbonyl (C=O) groups is 4. The number of amides is 3. The molecule has 0 radical (unpaired) electrons. The molecule has 0 spiro atoms. The predicted molar refractivity (Wildman–Crippen MR) is 258 cm³/mol. The number of carboxylic acid groups (broad SMARTS) is 1. The first-order chi connectivity index (χ1) is 32.4. The average molecular weight is 917 g/mol. The minimum absolute atomic E-state index is 0.0262. The number of carboxylic acids is 1. The summed E-state index contributed by atoms with van der Waals surface area (Å²) >= 11 is 0. The van der Waals surface area contributed by atoms with Crippen molar-refractivity contribution in [3.05, 3.63) is 70.0 Å². The molecule has 4 heterocycles. The van der Waals surface area contributed by atoms with E-state index in [-0.39, 0.29) is 23.3 Å². The Kier molecular flexibility index (Phi) is 12.8. The highest BCUT2D eigenvalue weighted by Crippen LogP contribution is 2.44. The van der Waals surface area contributed by atoms with Gasteiger partial charge in [-0.3, -0.25) is 14.4 Å². The van der Waals surface area contributed by atoms with Crippen LogP contribution in [0.2, 0.25) is 0 Å². The molecule has 6 aliphatic carbocycles. The summed E-state index contributed by atoms with van der Waals surface area (Å²) in [5, 5.41) is 20.8. The fourth-order valence-electron chi connectivity index (χ4n) is 12.1. The van der Waals surface area contributed by atoms with Crippen molar-refractivity contribution in [3.63, 3.8) is 0 Å². The SMILES string of the molecule is CN(C(=O)c1ccc2c(c1)c1c(n2C)CCC(C2CCOCC2)C1)C1(C(=O)NC2CC2)CC1.CNC1(C(=O)NC2CC2)CC1.Cn1c2c(c3cc(C(=O)O)ccc31)CC(C1CCOCC1)CC2. The third-order valence-electron chi connectivity index (χ3n) is 17.2. The van der Waals surface area contributed by atoms with Crippen LogP contribution in [0.4, 0.5) is 0 Å². The van der Waals surface area contributed by atoms with E-state index >= 15 is 0 Å². The summed E-state index contributed by atoms with van der Waals surface area (Å²) in [5.74, 6) is 2.27. The molecule has 13 heteroatoms. The standard InChI is InChI=1S/C27H35N3O3.C19H23NO3.C8H14N2O/c1-29-23-7-3-18(17-9-13-33-14-10-17)15-21(23)22-16-19(4-8-24(22)29)25(31)30(2)27(11-12-27)26(32)28-20-5-6-20;1-20-17-4-2-13(12-6-8-23-9-7-12)10-15(17)16-11-14(19(21)22)3-5-18(16)20;1-9-8(4-5-8)7(11)10-6-2-3-6/h4,8,16-18,20H,3,5-7,9-15H2,1-2H3,(H,28,32);3,5,11-13H,2,4,6-10H2,1H3,(H,21,22);6,9H,2-5H2,1H3,(H,10,11). The molecule has 8 aliphatic rings. The quantitative estimate of drug-likeness (QED) is 0.132. The number of aromatic carboxylic acids is 1. The summed E-state index contributed by atoms with van der Waals surface area (Å²) in [6.45, 7) is 3.58. The van der Waals surface area contributed by atoms with Crippen LogP contribution in [0.5, 0.6) is 0 Å². The van der Waals surface area contributed by atoms with Crippen LogP contribution in [0.1, 0.15) is 133 Å². The van der Waals surface area contributed by atoms with Gasteiger partial charge in [-0.05, 0) is 194 Å². The van der Waals surface area contributed by atoms with Gasteiger partial charge in [0.25, 0.3) is 5.91 Å². The molecule has 2 atom stereocenters. The summed E-state index contributed by atoms with van der Waals surface area (Å²) < 4.78 is 15.7. The van der Waals surface area contributed by atoms with Crippen LogP contribution in [-0.2, 0) is 58.8 Å². The Morgan fingerprint density at radius 3 is 1.52 bits per heavy atom. The molecule has 4 saturated carbocycles. The Labute approximate surface area is 395 Å². The summed E-state index contributed by atoms with van der Waals surface area (Å²) in [6, 6.07) is 12.5. The van der Waals surface area contributed by atoms with E-state index in [4.69, 9.17) is 9.47 Å². The third kappa shape index (κ3) is 9.29. The Morgan fingerprint density at radius 1 is 0.627 bits per heavy atom. The van der Waals surface area contributed by atoms with Crippen molar-refractivity contribution in [2.45, 2.75) is 139 Å². The Bertz CT molecular complexity index is 2530. The normalized spacial score (nSPS) is 23.9. The lowest BCUT2D eigenvalue weighted by atomic mass is 9.75. The van der Waals surface area contributed by atoms with E-state index in [1.807, 2.05) is 25.2 Å². The Balaban J connectivity index is 0.000000133. The molecule has 2 aromatic heterocycles. The molecule has 6 fully saturated rings. The van der Waals surface area contributed by atoms with Crippen molar-refractivity contribution in [1.29, 1.82) is 0 Å². The number of rotatable bonds is 10. The zero-order valence-electron chi connectivity index (χ0n) is 40.2. The van der Waals surface area contributed by atoms with Crippen molar-refractivity contribution in [3.8, 4) is 0 Å². The number of benzene rings is 2. The molecule has 4 aromatic rings. The first kappa shape index (κ1) is 46.0. The zero-order valence-corrected chi connectivity index (χ0v) is 40.2. The van der Waals surface area contributed by atoms with Gasteiger partial charge in [0.05, 0.1) is 11.1 Å². The van der Waals surface area contributed by atoms with Gasteiger partial charge in [0.2, 0.25) is 11.8 Å². The van der Waals surface area contributed by atoms with Gasteiger partial charge in [-0.15, -0.1) is 0 Å². The van der Waals surface area contributed by atoms with Gasteiger partial charge in [-0.25, -0.2) is 4.79 Å². The van der Waals surface area contributed by atoms with Gasteiger partial charge in [0.1, 0.15) is 5.54 Å². The van der Waals surface area contributed by atoms with Crippen molar-refractivity contribution in [2.75, 3.05) is 40.5 Å². The molecule has 67 heavy (non-hydrogen) atoms. The fourth-order valence-corrected chi connectivity index (χ4v) is 12.1. The van der Waals surface area contributed by atoms with Crippen LogP contribution in [0.3, 0.4) is 0 Å². The number of fused-ring (bicyclic) bond motifs is 6. The van der Waals surface area contributed by atoms with E-state index in [0.29, 0.717) is 35.0 Å². The lowest BCUT2D eigenvalue weighted by Gasteiger charge is -2.33. The van der Waals surface area contributed by atoms with Gasteiger partial charge >= 0.3 is 5.97 Å². The average Bonchev–Trinajstić information content (AvgIpc) is 4.15. The minimum atomic E-state index is -0.846. The largest absolute Gasteiger partial charge is 0.478 e. The first-order valence-electron chi connectivity index (χ1n) is 25.6. The van der Waals surface area contributed by atoms with E-state index < -0.39 is 11.5 Å². The minimum Gasteiger partial charge on any atom is -0.478 e. The number of hydrogen-bond acceptors (Lipinski definition) is 7. The van der Waals surface area contributed by atoms with Crippen LogP contribution in [-0.4, -0.2) is 107 Å². The molecule has 360 valence electrons. The highest BCUT2D eigenvalue weighted by atomic mass is 16.5. The summed E-state index contributed by atoms with van der Waals surface area (Å²) in [6.07, 6.45) is 19.5. The first-order valence-corrected chi connectivity index (χ1v) is 25.6. The van der Waals surface area contributed by atoms with Crippen molar-refractivity contribution in [2.24, 2.45) is 37.8 Å². The van der Waals surface area contributed by atoms with E-state index in [1.54, 1.807) is 18.0 Å². The van der Waals surface area contributed by atoms with Gasteiger partial charge < -0.3 is 44.6 Å². The van der Waals surface area contributed by atoms with Gasteiger partial charge in [-0.2, -0.15) is 0 Å².